The van der Waals surface area contributed by atoms with Crippen molar-refractivity contribution in [3.8, 4) is 0 Å². The molecule has 0 spiro atoms. The molecule has 0 radical (unpaired) electrons. The van der Waals surface area contributed by atoms with Gasteiger partial charge >= 0.3 is 5.97 Å². The van der Waals surface area contributed by atoms with Crippen LogP contribution in [0.1, 0.15) is 86.4 Å². The lowest BCUT2D eigenvalue weighted by Crippen LogP contribution is -2.33. The molecule has 0 atom stereocenters. The van der Waals surface area contributed by atoms with Gasteiger partial charge in [0.25, 0.3) is 5.91 Å². The lowest BCUT2D eigenvalue weighted by atomic mass is 10.1. The second-order valence-corrected chi connectivity index (χ2v) is 9.56. The summed E-state index contributed by atoms with van der Waals surface area (Å²) in [4.78, 5) is 32.4. The summed E-state index contributed by atoms with van der Waals surface area (Å²) in [5.41, 5.74) is 9.54. The van der Waals surface area contributed by atoms with Gasteiger partial charge in [0.2, 0.25) is 5.95 Å². The fraction of sp³-hybridized carbons (Fsp3) is 0.500. The Hall–Kier alpha value is -3.39. The van der Waals surface area contributed by atoms with Crippen molar-refractivity contribution in [3.63, 3.8) is 0 Å². The Balaban J connectivity index is 1.88. The minimum atomic E-state index is -0.343. The van der Waals surface area contributed by atoms with E-state index in [0.717, 1.165) is 74.8 Å². The van der Waals surface area contributed by atoms with Crippen LogP contribution in [0.15, 0.2) is 42.5 Å². The third kappa shape index (κ3) is 7.81. The van der Waals surface area contributed by atoms with Gasteiger partial charge in [-0.15, -0.1) is 0 Å². The maximum absolute atomic E-state index is 13.6. The van der Waals surface area contributed by atoms with Crippen LogP contribution in [0.2, 0.25) is 0 Å². The van der Waals surface area contributed by atoms with E-state index in [1.165, 1.54) is 0 Å². The van der Waals surface area contributed by atoms with Crippen LogP contribution < -0.4 is 11.1 Å². The van der Waals surface area contributed by atoms with Gasteiger partial charge in [0.05, 0.1) is 23.2 Å². The highest BCUT2D eigenvalue weighted by Gasteiger charge is 2.18. The molecule has 3 rings (SSSR count). The van der Waals surface area contributed by atoms with Crippen LogP contribution in [0.3, 0.4) is 0 Å². The molecule has 0 unspecified atom stereocenters. The fourth-order valence-electron chi connectivity index (χ4n) is 4.46. The van der Waals surface area contributed by atoms with Crippen molar-refractivity contribution in [2.75, 3.05) is 31.6 Å². The van der Waals surface area contributed by atoms with Gasteiger partial charge in [-0.3, -0.25) is 4.79 Å². The quantitative estimate of drug-likeness (QED) is 0.174. The van der Waals surface area contributed by atoms with E-state index < -0.39 is 0 Å². The minimum absolute atomic E-state index is 0.0785. The molecule has 1 amide bonds. The van der Waals surface area contributed by atoms with Gasteiger partial charge in [0, 0.05) is 30.9 Å². The van der Waals surface area contributed by atoms with Crippen LogP contribution in [0.5, 0.6) is 0 Å². The summed E-state index contributed by atoms with van der Waals surface area (Å²) in [5, 5.41) is 3.37. The molecular formula is C30H43N5O3. The van der Waals surface area contributed by atoms with Crippen molar-refractivity contribution in [1.82, 2.24) is 14.5 Å². The molecule has 1 heterocycles. The Morgan fingerprint density at radius 3 is 2.18 bits per heavy atom. The molecule has 0 aliphatic heterocycles. The minimum Gasteiger partial charge on any atom is -0.462 e. The maximum atomic E-state index is 13.6. The number of anilines is 2. The summed E-state index contributed by atoms with van der Waals surface area (Å²) in [6, 6.07) is 12.9. The van der Waals surface area contributed by atoms with Gasteiger partial charge in [0.1, 0.15) is 0 Å². The largest absolute Gasteiger partial charge is 0.462 e. The number of aromatic nitrogens is 2. The smallest absolute Gasteiger partial charge is 0.338 e. The Bertz CT molecular complexity index is 1160. The Morgan fingerprint density at radius 1 is 0.921 bits per heavy atom. The number of unbranched alkanes of at least 4 members (excludes halogenated alkanes) is 4. The predicted octanol–water partition coefficient (Wildman–Crippen LogP) is 6.13. The topological polar surface area (TPSA) is 102 Å². The molecule has 0 fully saturated rings. The van der Waals surface area contributed by atoms with Gasteiger partial charge in [-0.2, -0.15) is 0 Å². The molecular weight excluding hydrogens is 478 g/mol. The Kier molecular flexibility index (Phi) is 11.6. The highest BCUT2D eigenvalue weighted by molar-refractivity contribution is 5.98. The number of amides is 1. The number of carbonyl (C=O) groups excluding carboxylic acids is 2. The van der Waals surface area contributed by atoms with Gasteiger partial charge in [0.15, 0.2) is 0 Å². The molecule has 0 saturated carbocycles. The second-order valence-electron chi connectivity index (χ2n) is 9.56. The summed E-state index contributed by atoms with van der Waals surface area (Å²) in [6.07, 6.45) is 7.33. The van der Waals surface area contributed by atoms with Crippen LogP contribution in [0.25, 0.3) is 11.0 Å². The summed E-state index contributed by atoms with van der Waals surface area (Å²) in [7, 11) is 0. The summed E-state index contributed by atoms with van der Waals surface area (Å²) in [6.45, 7) is 9.28. The zero-order chi connectivity index (χ0) is 27.3. The first kappa shape index (κ1) is 29.2. The second kappa shape index (κ2) is 15.1. The third-order valence-electron chi connectivity index (χ3n) is 6.58. The van der Waals surface area contributed by atoms with Gasteiger partial charge in [-0.05, 0) is 75.2 Å². The molecule has 8 nitrogen and oxygen atoms in total. The van der Waals surface area contributed by atoms with Crippen molar-refractivity contribution in [2.45, 2.75) is 72.3 Å². The SMILES string of the molecule is CCCCCN(CCCCC)C(=O)c1ccc2nc(Nc3ccc(C(=O)OCC)cc3)n(CCCN)c2c1. The van der Waals surface area contributed by atoms with E-state index in [4.69, 9.17) is 15.5 Å². The number of fused-ring (bicyclic) bond motifs is 1. The summed E-state index contributed by atoms with van der Waals surface area (Å²) < 4.78 is 7.15. The molecule has 0 aliphatic carbocycles. The number of nitrogens with two attached hydrogens (primary N) is 1. The van der Waals surface area contributed by atoms with E-state index in [1.54, 1.807) is 19.1 Å². The monoisotopic (exact) mass is 521 g/mol. The molecule has 2 aromatic carbocycles. The van der Waals surface area contributed by atoms with Crippen LogP contribution in [-0.2, 0) is 11.3 Å². The number of aryl methyl sites for hydroxylation is 1. The van der Waals surface area contributed by atoms with E-state index in [-0.39, 0.29) is 11.9 Å². The normalized spacial score (nSPS) is 11.1. The first-order valence-corrected chi connectivity index (χ1v) is 14.1. The number of esters is 1. The molecule has 206 valence electrons. The molecule has 8 heteroatoms. The highest BCUT2D eigenvalue weighted by Crippen LogP contribution is 2.25. The van der Waals surface area contributed by atoms with Crippen LogP contribution in [0, 0.1) is 0 Å². The molecule has 3 N–H and O–H groups in total. The Morgan fingerprint density at radius 2 is 1.58 bits per heavy atom. The number of nitrogens with zero attached hydrogens (tertiary/aromatic N) is 3. The molecule has 3 aromatic rings. The molecule has 0 aliphatic rings. The van der Waals surface area contributed by atoms with Gasteiger partial charge < -0.3 is 25.3 Å². The zero-order valence-corrected chi connectivity index (χ0v) is 23.2. The number of hydrogen-bond acceptors (Lipinski definition) is 6. The number of nitrogens with one attached hydrogen (secondary N) is 1. The molecule has 0 bridgehead atoms. The van der Waals surface area contributed by atoms with Gasteiger partial charge in [-0.25, -0.2) is 9.78 Å². The molecule has 38 heavy (non-hydrogen) atoms. The highest BCUT2D eigenvalue weighted by atomic mass is 16.5. The van der Waals surface area contributed by atoms with Crippen molar-refractivity contribution >= 4 is 34.5 Å². The first-order valence-electron chi connectivity index (χ1n) is 14.1. The standard InChI is InChI=1S/C30H43N5O3/c1-4-7-9-19-34(20-10-8-5-2)28(36)24-14-17-26-27(22-24)35(21-11-18-31)30(33-26)32-25-15-12-23(13-16-25)29(37)38-6-3/h12-17,22H,4-11,18-21,31H2,1-3H3,(H,32,33). The average molecular weight is 522 g/mol. The molecule has 1 aromatic heterocycles. The van der Waals surface area contributed by atoms with E-state index in [2.05, 4.69) is 23.7 Å². The number of benzene rings is 2. The van der Waals surface area contributed by atoms with Crippen LogP contribution in [-0.4, -0.2) is 52.6 Å². The number of hydrogen-bond donors (Lipinski definition) is 2. The predicted molar refractivity (Wildman–Crippen MR) is 154 cm³/mol. The van der Waals surface area contributed by atoms with Gasteiger partial charge in [-0.1, -0.05) is 39.5 Å². The number of carbonyl (C=O) groups is 2. The number of imidazole rings is 1. The fourth-order valence-corrected chi connectivity index (χ4v) is 4.46. The summed E-state index contributed by atoms with van der Waals surface area (Å²) in [5.74, 6) is 0.407. The van der Waals surface area contributed by atoms with E-state index in [1.807, 2.05) is 35.2 Å². The lowest BCUT2D eigenvalue weighted by molar-refractivity contribution is 0.0526. The maximum Gasteiger partial charge on any atom is 0.338 e. The van der Waals surface area contributed by atoms with E-state index in [0.29, 0.717) is 36.8 Å². The average Bonchev–Trinajstić information content (AvgIpc) is 3.27. The molecule has 0 saturated heterocycles. The first-order chi connectivity index (χ1) is 18.5. The number of ether oxygens (including phenoxy) is 1. The summed E-state index contributed by atoms with van der Waals surface area (Å²) >= 11 is 0. The van der Waals surface area contributed by atoms with E-state index >= 15 is 0 Å². The van der Waals surface area contributed by atoms with Crippen LogP contribution in [0.4, 0.5) is 11.6 Å². The number of rotatable bonds is 16. The van der Waals surface area contributed by atoms with Crippen molar-refractivity contribution in [2.24, 2.45) is 5.73 Å². The van der Waals surface area contributed by atoms with Crippen molar-refractivity contribution in [3.05, 3.63) is 53.6 Å². The van der Waals surface area contributed by atoms with Crippen molar-refractivity contribution < 1.29 is 14.3 Å². The van der Waals surface area contributed by atoms with Crippen LogP contribution >= 0.6 is 0 Å². The lowest BCUT2D eigenvalue weighted by Gasteiger charge is -2.23. The zero-order valence-electron chi connectivity index (χ0n) is 23.2. The Labute approximate surface area is 226 Å². The van der Waals surface area contributed by atoms with Crippen molar-refractivity contribution in [1.29, 1.82) is 0 Å². The van der Waals surface area contributed by atoms with E-state index in [9.17, 15) is 9.59 Å². The third-order valence-corrected chi connectivity index (χ3v) is 6.58.